The molecule has 3 aromatic rings. The number of benzene rings is 2. The molecule has 0 saturated carbocycles. The third-order valence-electron chi connectivity index (χ3n) is 4.34. The number of rotatable bonds is 7. The summed E-state index contributed by atoms with van der Waals surface area (Å²) in [7, 11) is -3.91. The van der Waals surface area contributed by atoms with E-state index < -0.39 is 15.6 Å². The summed E-state index contributed by atoms with van der Waals surface area (Å²) in [5, 5.41) is 0.0499. The molecule has 0 unspecified atom stereocenters. The molecule has 8 heteroatoms. The number of furan rings is 1. The number of hydrogen-bond donors (Lipinski definition) is 1. The van der Waals surface area contributed by atoms with Crippen molar-refractivity contribution in [3.05, 3.63) is 88.8 Å². The molecule has 6 nitrogen and oxygen atoms in total. The van der Waals surface area contributed by atoms with E-state index in [0.717, 1.165) is 5.56 Å². The van der Waals surface area contributed by atoms with Gasteiger partial charge in [0.05, 0.1) is 17.8 Å². The minimum absolute atomic E-state index is 0.0499. The van der Waals surface area contributed by atoms with Crippen LogP contribution in [0.4, 0.5) is 0 Å². The van der Waals surface area contributed by atoms with E-state index in [4.69, 9.17) is 16.0 Å². The van der Waals surface area contributed by atoms with Gasteiger partial charge in [-0.25, -0.2) is 13.1 Å². The van der Waals surface area contributed by atoms with Crippen LogP contribution in [0.15, 0.2) is 76.2 Å². The van der Waals surface area contributed by atoms with E-state index in [1.807, 2.05) is 30.3 Å². The molecule has 2 aromatic carbocycles. The summed E-state index contributed by atoms with van der Waals surface area (Å²) in [4.78, 5) is 14.8. The molecule has 0 aliphatic rings. The van der Waals surface area contributed by atoms with Gasteiger partial charge < -0.3 is 9.32 Å². The molecular weight excluding hydrogens is 436 g/mol. The number of carbonyl (C=O) groups is 1. The summed E-state index contributed by atoms with van der Waals surface area (Å²) in [5.41, 5.74) is 0.473. The first-order valence-corrected chi connectivity index (χ1v) is 11.6. The average molecular weight is 461 g/mol. The molecule has 0 aliphatic heterocycles. The standard InChI is InChI=1S/C23H25ClN2O4S/c1-23(2,3)25-31(28,29)21-14-18(11-12-20(21)24)22(27)26(16-19-10-7-13-30-19)15-17-8-5-4-6-9-17/h4-14,25H,15-16H2,1-3H3. The second-order valence-corrected chi connectivity index (χ2v) is 10.3. The Morgan fingerprint density at radius 2 is 1.74 bits per heavy atom. The molecule has 164 valence electrons. The Labute approximate surface area is 187 Å². The van der Waals surface area contributed by atoms with E-state index in [1.165, 1.54) is 18.2 Å². The molecule has 31 heavy (non-hydrogen) atoms. The number of hydrogen-bond acceptors (Lipinski definition) is 4. The highest BCUT2D eigenvalue weighted by Gasteiger charge is 2.26. The van der Waals surface area contributed by atoms with E-state index in [-0.39, 0.29) is 27.9 Å². The van der Waals surface area contributed by atoms with Crippen LogP contribution in [0.3, 0.4) is 0 Å². The monoisotopic (exact) mass is 460 g/mol. The van der Waals surface area contributed by atoms with Crippen molar-refractivity contribution < 1.29 is 17.6 Å². The Bertz CT molecular complexity index is 1140. The van der Waals surface area contributed by atoms with Crippen LogP contribution in [0.25, 0.3) is 0 Å². The lowest BCUT2D eigenvalue weighted by atomic mass is 10.1. The summed E-state index contributed by atoms with van der Waals surface area (Å²) >= 11 is 6.18. The van der Waals surface area contributed by atoms with E-state index >= 15 is 0 Å². The first-order valence-electron chi connectivity index (χ1n) is 9.74. The number of sulfonamides is 1. The number of nitrogens with one attached hydrogen (secondary N) is 1. The number of amides is 1. The van der Waals surface area contributed by atoms with Crippen LogP contribution < -0.4 is 4.72 Å². The molecule has 0 atom stereocenters. The van der Waals surface area contributed by atoms with Gasteiger partial charge in [-0.05, 0) is 56.7 Å². The lowest BCUT2D eigenvalue weighted by molar-refractivity contribution is 0.0717. The van der Waals surface area contributed by atoms with E-state index in [0.29, 0.717) is 12.3 Å². The van der Waals surface area contributed by atoms with Crippen molar-refractivity contribution in [2.45, 2.75) is 44.3 Å². The van der Waals surface area contributed by atoms with E-state index in [2.05, 4.69) is 4.72 Å². The summed E-state index contributed by atoms with van der Waals surface area (Å²) in [5.74, 6) is 0.296. The van der Waals surface area contributed by atoms with Gasteiger partial charge in [0.25, 0.3) is 5.91 Å². The molecule has 1 heterocycles. The first kappa shape index (κ1) is 23.1. The quantitative estimate of drug-likeness (QED) is 0.546. The fourth-order valence-corrected chi connectivity index (χ4v) is 5.02. The maximum absolute atomic E-state index is 13.4. The number of halogens is 1. The second kappa shape index (κ2) is 9.26. The summed E-state index contributed by atoms with van der Waals surface area (Å²) < 4.78 is 33.6. The summed E-state index contributed by atoms with van der Waals surface area (Å²) in [6.45, 7) is 5.78. The van der Waals surface area contributed by atoms with Crippen LogP contribution in [0.2, 0.25) is 5.02 Å². The summed E-state index contributed by atoms with van der Waals surface area (Å²) in [6.07, 6.45) is 1.55. The van der Waals surface area contributed by atoms with Crippen molar-refractivity contribution >= 4 is 27.5 Å². The predicted molar refractivity (Wildman–Crippen MR) is 120 cm³/mol. The van der Waals surface area contributed by atoms with Crippen LogP contribution in [-0.4, -0.2) is 24.8 Å². The van der Waals surface area contributed by atoms with Gasteiger partial charge in [-0.2, -0.15) is 0 Å². The van der Waals surface area contributed by atoms with Gasteiger partial charge in [0, 0.05) is 17.6 Å². The van der Waals surface area contributed by atoms with Gasteiger partial charge >= 0.3 is 0 Å². The van der Waals surface area contributed by atoms with Crippen molar-refractivity contribution in [2.75, 3.05) is 0 Å². The Morgan fingerprint density at radius 3 is 2.35 bits per heavy atom. The minimum Gasteiger partial charge on any atom is -0.467 e. The maximum atomic E-state index is 13.4. The lowest BCUT2D eigenvalue weighted by Gasteiger charge is -2.23. The fraction of sp³-hybridized carbons (Fsp3) is 0.261. The van der Waals surface area contributed by atoms with Crippen LogP contribution in [0.1, 0.15) is 42.5 Å². The van der Waals surface area contributed by atoms with Crippen LogP contribution in [-0.2, 0) is 23.1 Å². The molecule has 0 aliphatic carbocycles. The first-order chi connectivity index (χ1) is 14.5. The fourth-order valence-electron chi connectivity index (χ4n) is 3.08. The number of nitrogens with zero attached hydrogens (tertiary/aromatic N) is 1. The van der Waals surface area contributed by atoms with Gasteiger partial charge in [0.1, 0.15) is 10.7 Å². The predicted octanol–water partition coefficient (Wildman–Crippen LogP) is 4.85. The Kier molecular flexibility index (Phi) is 6.89. The Balaban J connectivity index is 1.95. The largest absolute Gasteiger partial charge is 0.467 e. The lowest BCUT2D eigenvalue weighted by Crippen LogP contribution is -2.40. The molecular formula is C23H25ClN2O4S. The van der Waals surface area contributed by atoms with Gasteiger partial charge in [-0.15, -0.1) is 0 Å². The second-order valence-electron chi connectivity index (χ2n) is 8.23. The molecule has 1 aromatic heterocycles. The third kappa shape index (κ3) is 6.19. The smallest absolute Gasteiger partial charge is 0.254 e. The molecule has 0 fully saturated rings. The third-order valence-corrected chi connectivity index (χ3v) is 6.58. The molecule has 0 spiro atoms. The highest BCUT2D eigenvalue weighted by atomic mass is 35.5. The van der Waals surface area contributed by atoms with Crippen LogP contribution in [0.5, 0.6) is 0 Å². The zero-order valence-corrected chi connectivity index (χ0v) is 19.2. The summed E-state index contributed by atoms with van der Waals surface area (Å²) in [6, 6.07) is 17.4. The van der Waals surface area contributed by atoms with Crippen molar-refractivity contribution in [2.24, 2.45) is 0 Å². The van der Waals surface area contributed by atoms with Crippen LogP contribution >= 0.6 is 11.6 Å². The van der Waals surface area contributed by atoms with Crippen molar-refractivity contribution in [1.82, 2.24) is 9.62 Å². The SMILES string of the molecule is CC(C)(C)NS(=O)(=O)c1cc(C(=O)N(Cc2ccccc2)Cc2ccco2)ccc1Cl. The normalized spacial score (nSPS) is 12.0. The zero-order valence-electron chi connectivity index (χ0n) is 17.6. The maximum Gasteiger partial charge on any atom is 0.254 e. The van der Waals surface area contributed by atoms with Crippen molar-refractivity contribution in [1.29, 1.82) is 0 Å². The molecule has 0 radical (unpaired) electrons. The van der Waals surface area contributed by atoms with Gasteiger partial charge in [0.15, 0.2) is 0 Å². The van der Waals surface area contributed by atoms with Gasteiger partial charge in [-0.3, -0.25) is 4.79 Å². The highest BCUT2D eigenvalue weighted by Crippen LogP contribution is 2.25. The molecule has 3 rings (SSSR count). The van der Waals surface area contributed by atoms with E-state index in [9.17, 15) is 13.2 Å². The zero-order chi connectivity index (χ0) is 22.6. The average Bonchev–Trinajstić information content (AvgIpc) is 3.19. The van der Waals surface area contributed by atoms with Crippen LogP contribution in [0, 0.1) is 0 Å². The van der Waals surface area contributed by atoms with E-state index in [1.54, 1.807) is 44.1 Å². The topological polar surface area (TPSA) is 79.6 Å². The molecule has 0 saturated heterocycles. The van der Waals surface area contributed by atoms with Crippen molar-refractivity contribution in [3.63, 3.8) is 0 Å². The number of carbonyl (C=O) groups excluding carboxylic acids is 1. The van der Waals surface area contributed by atoms with Gasteiger partial charge in [0.2, 0.25) is 10.0 Å². The Hall–Kier alpha value is -2.61. The Morgan fingerprint density at radius 1 is 1.03 bits per heavy atom. The minimum atomic E-state index is -3.91. The molecule has 1 amide bonds. The molecule has 1 N–H and O–H groups in total. The van der Waals surface area contributed by atoms with Gasteiger partial charge in [-0.1, -0.05) is 41.9 Å². The van der Waals surface area contributed by atoms with Crippen molar-refractivity contribution in [3.8, 4) is 0 Å². The highest BCUT2D eigenvalue weighted by molar-refractivity contribution is 7.89. The molecule has 0 bridgehead atoms.